The predicted molar refractivity (Wildman–Crippen MR) is 69.5 cm³/mol. The van der Waals surface area contributed by atoms with Crippen LogP contribution >= 0.6 is 0 Å². The molecule has 1 aromatic carbocycles. The van der Waals surface area contributed by atoms with Crippen LogP contribution in [0.25, 0.3) is 0 Å². The molecule has 102 valence electrons. The predicted octanol–water partition coefficient (Wildman–Crippen LogP) is 1.46. The smallest absolute Gasteiger partial charge is 0.322 e. The molecule has 1 aliphatic heterocycles. The summed E-state index contributed by atoms with van der Waals surface area (Å²) in [5.74, 6) is -0.139. The van der Waals surface area contributed by atoms with Crippen LogP contribution in [0, 0.1) is 0 Å². The molecule has 6 heteroatoms. The first-order valence-corrected chi connectivity index (χ1v) is 6.04. The van der Waals surface area contributed by atoms with Crippen molar-refractivity contribution < 1.29 is 19.4 Å². The van der Waals surface area contributed by atoms with Crippen molar-refractivity contribution in [3.05, 3.63) is 24.3 Å². The first kappa shape index (κ1) is 13.2. The van der Waals surface area contributed by atoms with Crippen LogP contribution in [0.3, 0.4) is 0 Å². The molecule has 2 N–H and O–H groups in total. The zero-order chi connectivity index (χ0) is 13.8. The van der Waals surface area contributed by atoms with Crippen LogP contribution < -0.4 is 15.0 Å². The Morgan fingerprint density at radius 3 is 2.74 bits per heavy atom. The highest BCUT2D eigenvalue weighted by molar-refractivity contribution is 5.95. The van der Waals surface area contributed by atoms with Crippen molar-refractivity contribution in [3.8, 4) is 5.75 Å². The number of carbonyl (C=O) groups is 2. The SMILES string of the molecule is COc1ccc(N2C(=O)NCC2CCC(=O)O)cc1. The average Bonchev–Trinajstić information content (AvgIpc) is 2.78. The zero-order valence-electron chi connectivity index (χ0n) is 10.6. The largest absolute Gasteiger partial charge is 0.497 e. The molecule has 0 spiro atoms. The lowest BCUT2D eigenvalue weighted by Crippen LogP contribution is -2.34. The van der Waals surface area contributed by atoms with E-state index in [9.17, 15) is 9.59 Å². The third kappa shape index (κ3) is 2.96. The third-order valence-electron chi connectivity index (χ3n) is 3.11. The number of rotatable bonds is 5. The molecule has 0 saturated carbocycles. The van der Waals surface area contributed by atoms with Gasteiger partial charge in [-0.05, 0) is 30.7 Å². The number of carbonyl (C=O) groups excluding carboxylic acids is 1. The molecule has 1 aliphatic rings. The van der Waals surface area contributed by atoms with Gasteiger partial charge in [0.05, 0.1) is 13.2 Å². The first-order chi connectivity index (χ1) is 9.11. The van der Waals surface area contributed by atoms with Gasteiger partial charge in [0.2, 0.25) is 0 Å². The molecule has 0 aromatic heterocycles. The van der Waals surface area contributed by atoms with E-state index in [1.54, 1.807) is 36.3 Å². The molecule has 19 heavy (non-hydrogen) atoms. The minimum Gasteiger partial charge on any atom is -0.497 e. The second-order valence-electron chi connectivity index (χ2n) is 4.34. The van der Waals surface area contributed by atoms with Crippen molar-refractivity contribution in [1.29, 1.82) is 0 Å². The Hall–Kier alpha value is -2.24. The summed E-state index contributed by atoms with van der Waals surface area (Å²) in [6, 6.07) is 6.80. The number of urea groups is 1. The number of carboxylic acids is 1. The molecule has 0 bridgehead atoms. The monoisotopic (exact) mass is 264 g/mol. The molecule has 1 atom stereocenters. The van der Waals surface area contributed by atoms with Gasteiger partial charge in [0.15, 0.2) is 0 Å². The van der Waals surface area contributed by atoms with E-state index in [2.05, 4.69) is 5.32 Å². The van der Waals surface area contributed by atoms with Crippen LogP contribution in [-0.4, -0.2) is 36.8 Å². The Bertz CT molecular complexity index is 472. The maximum Gasteiger partial charge on any atom is 0.322 e. The summed E-state index contributed by atoms with van der Waals surface area (Å²) in [5.41, 5.74) is 0.742. The molecule has 2 amide bonds. The lowest BCUT2D eigenvalue weighted by molar-refractivity contribution is -0.137. The number of benzene rings is 1. The molecular formula is C13H16N2O4. The van der Waals surface area contributed by atoms with Crippen molar-refractivity contribution in [3.63, 3.8) is 0 Å². The minimum absolute atomic E-state index is 0.0479. The second-order valence-corrected chi connectivity index (χ2v) is 4.34. The Labute approximate surface area is 111 Å². The zero-order valence-corrected chi connectivity index (χ0v) is 10.6. The van der Waals surface area contributed by atoms with E-state index >= 15 is 0 Å². The van der Waals surface area contributed by atoms with E-state index in [0.29, 0.717) is 18.7 Å². The molecule has 1 unspecified atom stereocenters. The van der Waals surface area contributed by atoms with Gasteiger partial charge in [0, 0.05) is 18.7 Å². The number of hydrogen-bond donors (Lipinski definition) is 2. The van der Waals surface area contributed by atoms with E-state index in [0.717, 1.165) is 5.69 Å². The molecule has 6 nitrogen and oxygen atoms in total. The highest BCUT2D eigenvalue weighted by atomic mass is 16.5. The van der Waals surface area contributed by atoms with Crippen LogP contribution in [-0.2, 0) is 4.79 Å². The summed E-state index contributed by atoms with van der Waals surface area (Å²) in [6.45, 7) is 0.470. The molecule has 2 rings (SSSR count). The quantitative estimate of drug-likeness (QED) is 0.843. The summed E-state index contributed by atoms with van der Waals surface area (Å²) >= 11 is 0. The van der Waals surface area contributed by atoms with Crippen LogP contribution in [0.2, 0.25) is 0 Å². The van der Waals surface area contributed by atoms with Crippen molar-refractivity contribution in [2.45, 2.75) is 18.9 Å². The molecule has 0 radical (unpaired) electrons. The summed E-state index contributed by atoms with van der Waals surface area (Å²) in [7, 11) is 1.58. The number of nitrogens with zero attached hydrogens (tertiary/aromatic N) is 1. The van der Waals surface area contributed by atoms with Gasteiger partial charge in [-0.2, -0.15) is 0 Å². The van der Waals surface area contributed by atoms with Crippen LogP contribution in [0.1, 0.15) is 12.8 Å². The third-order valence-corrected chi connectivity index (χ3v) is 3.11. The highest BCUT2D eigenvalue weighted by Crippen LogP contribution is 2.25. The number of nitrogens with one attached hydrogen (secondary N) is 1. The molecule has 0 aliphatic carbocycles. The summed E-state index contributed by atoms with van der Waals surface area (Å²) in [5, 5.41) is 11.5. The molecule has 1 heterocycles. The number of aliphatic carboxylic acids is 1. The van der Waals surface area contributed by atoms with Crippen molar-refractivity contribution in [2.75, 3.05) is 18.6 Å². The van der Waals surface area contributed by atoms with Crippen LogP contribution in [0.4, 0.5) is 10.5 Å². The fraction of sp³-hybridized carbons (Fsp3) is 0.385. The minimum atomic E-state index is -0.853. The van der Waals surface area contributed by atoms with Gasteiger partial charge in [-0.1, -0.05) is 0 Å². The average molecular weight is 264 g/mol. The van der Waals surface area contributed by atoms with Crippen molar-refractivity contribution in [2.24, 2.45) is 0 Å². The van der Waals surface area contributed by atoms with E-state index in [-0.39, 0.29) is 18.5 Å². The molecule has 1 aromatic rings. The summed E-state index contributed by atoms with van der Waals surface area (Å²) in [4.78, 5) is 24.0. The normalized spacial score (nSPS) is 18.3. The van der Waals surface area contributed by atoms with Gasteiger partial charge in [-0.15, -0.1) is 0 Å². The van der Waals surface area contributed by atoms with Crippen molar-refractivity contribution in [1.82, 2.24) is 5.32 Å². The fourth-order valence-corrected chi connectivity index (χ4v) is 2.14. The summed E-state index contributed by atoms with van der Waals surface area (Å²) < 4.78 is 5.07. The maximum atomic E-state index is 11.8. The molecule has 1 saturated heterocycles. The lowest BCUT2D eigenvalue weighted by atomic mass is 10.1. The van der Waals surface area contributed by atoms with Crippen LogP contribution in [0.15, 0.2) is 24.3 Å². The van der Waals surface area contributed by atoms with Gasteiger partial charge in [-0.25, -0.2) is 4.79 Å². The Balaban J connectivity index is 2.13. The number of amides is 2. The lowest BCUT2D eigenvalue weighted by Gasteiger charge is -2.22. The van der Waals surface area contributed by atoms with Crippen LogP contribution in [0.5, 0.6) is 5.75 Å². The number of hydrogen-bond acceptors (Lipinski definition) is 3. The van der Waals surface area contributed by atoms with Gasteiger partial charge in [0.1, 0.15) is 5.75 Å². The number of carboxylic acid groups (broad SMARTS) is 1. The van der Waals surface area contributed by atoms with E-state index in [1.165, 1.54) is 0 Å². The Morgan fingerprint density at radius 1 is 1.47 bits per heavy atom. The van der Waals surface area contributed by atoms with Gasteiger partial charge in [-0.3, -0.25) is 9.69 Å². The molecular weight excluding hydrogens is 248 g/mol. The topological polar surface area (TPSA) is 78.9 Å². The molecule has 1 fully saturated rings. The van der Waals surface area contributed by atoms with Gasteiger partial charge >= 0.3 is 12.0 Å². The Kier molecular flexibility index (Phi) is 3.89. The van der Waals surface area contributed by atoms with Gasteiger partial charge in [0.25, 0.3) is 0 Å². The number of methoxy groups -OCH3 is 1. The summed E-state index contributed by atoms with van der Waals surface area (Å²) in [6.07, 6.45) is 0.479. The standard InChI is InChI=1S/C13H16N2O4/c1-19-11-5-2-9(3-6-11)15-10(4-7-12(16)17)8-14-13(15)18/h2-3,5-6,10H,4,7-8H2,1H3,(H,14,18)(H,16,17). The second kappa shape index (κ2) is 5.60. The fourth-order valence-electron chi connectivity index (χ4n) is 2.14. The highest BCUT2D eigenvalue weighted by Gasteiger charge is 2.31. The van der Waals surface area contributed by atoms with Crippen molar-refractivity contribution >= 4 is 17.7 Å². The number of ether oxygens (including phenoxy) is 1. The van der Waals surface area contributed by atoms with Gasteiger partial charge < -0.3 is 15.2 Å². The van der Waals surface area contributed by atoms with E-state index in [1.807, 2.05) is 0 Å². The first-order valence-electron chi connectivity index (χ1n) is 6.04. The maximum absolute atomic E-state index is 11.8. The van der Waals surface area contributed by atoms with E-state index in [4.69, 9.17) is 9.84 Å². The number of anilines is 1. The Morgan fingerprint density at radius 2 is 2.16 bits per heavy atom. The van der Waals surface area contributed by atoms with E-state index < -0.39 is 5.97 Å².